The molecule has 1 atom stereocenters. The lowest BCUT2D eigenvalue weighted by atomic mass is 10.0. The lowest BCUT2D eigenvalue weighted by molar-refractivity contribution is -0.167. The van der Waals surface area contributed by atoms with Crippen LogP contribution in [0.1, 0.15) is 290 Å². The van der Waals surface area contributed by atoms with E-state index in [0.717, 1.165) is 122 Å². The highest BCUT2D eigenvalue weighted by atomic mass is 16.6. The van der Waals surface area contributed by atoms with Crippen molar-refractivity contribution in [3.8, 4) is 0 Å². The van der Waals surface area contributed by atoms with Crippen LogP contribution in [0.2, 0.25) is 0 Å². The van der Waals surface area contributed by atoms with Crippen LogP contribution >= 0.6 is 0 Å². The molecule has 0 bridgehead atoms. The molecule has 0 saturated carbocycles. The third-order valence-electron chi connectivity index (χ3n) is 13.3. The third-order valence-corrected chi connectivity index (χ3v) is 13.3. The zero-order chi connectivity index (χ0) is 54.3. The predicted octanol–water partition coefficient (Wildman–Crippen LogP) is 21.4. The average molecular weight is 1040 g/mol. The van der Waals surface area contributed by atoms with Crippen molar-refractivity contribution in [2.75, 3.05) is 13.2 Å². The molecule has 6 heteroatoms. The molecule has 428 valence electrons. The summed E-state index contributed by atoms with van der Waals surface area (Å²) in [6.07, 6.45) is 85.1. The van der Waals surface area contributed by atoms with E-state index in [1.165, 1.54) is 128 Å². The quantitative estimate of drug-likeness (QED) is 0.0261. The van der Waals surface area contributed by atoms with Crippen molar-refractivity contribution in [3.05, 3.63) is 109 Å². The molecule has 6 nitrogen and oxygen atoms in total. The van der Waals surface area contributed by atoms with Crippen LogP contribution in [0.15, 0.2) is 109 Å². The van der Waals surface area contributed by atoms with E-state index in [1.54, 1.807) is 0 Å². The fraction of sp³-hybridized carbons (Fsp3) is 0.696. The lowest BCUT2D eigenvalue weighted by Crippen LogP contribution is -2.30. The topological polar surface area (TPSA) is 78.9 Å². The number of allylic oxidation sites excluding steroid dienone is 18. The second-order valence-corrected chi connectivity index (χ2v) is 20.6. The second kappa shape index (κ2) is 62.6. The number of carbonyl (C=O) groups excluding carboxylic acids is 3. The highest BCUT2D eigenvalue weighted by Gasteiger charge is 2.19. The van der Waals surface area contributed by atoms with Crippen molar-refractivity contribution in [1.82, 2.24) is 0 Å². The van der Waals surface area contributed by atoms with Gasteiger partial charge in [0.15, 0.2) is 6.10 Å². The van der Waals surface area contributed by atoms with Gasteiger partial charge in [0.25, 0.3) is 0 Å². The first-order valence-electron chi connectivity index (χ1n) is 31.4. The van der Waals surface area contributed by atoms with Crippen molar-refractivity contribution in [3.63, 3.8) is 0 Å². The molecule has 0 rings (SSSR count). The van der Waals surface area contributed by atoms with Crippen LogP contribution in [0.4, 0.5) is 0 Å². The number of rotatable bonds is 56. The molecule has 0 fully saturated rings. The molecule has 0 aromatic carbocycles. The Morgan fingerprint density at radius 3 is 0.840 bits per heavy atom. The maximum atomic E-state index is 12.9. The Bertz CT molecular complexity index is 1520. The summed E-state index contributed by atoms with van der Waals surface area (Å²) >= 11 is 0. The summed E-state index contributed by atoms with van der Waals surface area (Å²) in [7, 11) is 0. The summed E-state index contributed by atoms with van der Waals surface area (Å²) in [6, 6.07) is 0. The van der Waals surface area contributed by atoms with Crippen molar-refractivity contribution >= 4 is 17.9 Å². The summed E-state index contributed by atoms with van der Waals surface area (Å²) < 4.78 is 16.9. The minimum Gasteiger partial charge on any atom is -0.462 e. The van der Waals surface area contributed by atoms with Crippen molar-refractivity contribution in [1.29, 1.82) is 0 Å². The first-order valence-corrected chi connectivity index (χ1v) is 31.4. The summed E-state index contributed by atoms with van der Waals surface area (Å²) in [5.74, 6) is -0.926. The molecule has 0 aliphatic heterocycles. The molecular formula is C69H116O6. The summed E-state index contributed by atoms with van der Waals surface area (Å²) in [4.78, 5) is 38.3. The molecule has 0 amide bonds. The van der Waals surface area contributed by atoms with E-state index in [-0.39, 0.29) is 31.1 Å². The van der Waals surface area contributed by atoms with Gasteiger partial charge in [-0.15, -0.1) is 0 Å². The van der Waals surface area contributed by atoms with Gasteiger partial charge in [-0.2, -0.15) is 0 Å². The average Bonchev–Trinajstić information content (AvgIpc) is 3.41. The minimum absolute atomic E-state index is 0.0909. The molecule has 0 N–H and O–H groups in total. The van der Waals surface area contributed by atoms with Gasteiger partial charge in [-0.05, 0) is 109 Å². The fourth-order valence-electron chi connectivity index (χ4n) is 8.57. The van der Waals surface area contributed by atoms with Crippen LogP contribution in [0.5, 0.6) is 0 Å². The molecule has 0 heterocycles. The van der Waals surface area contributed by atoms with Gasteiger partial charge < -0.3 is 14.2 Å². The van der Waals surface area contributed by atoms with E-state index in [1.807, 2.05) is 0 Å². The molecule has 0 radical (unpaired) electrons. The number of hydrogen-bond donors (Lipinski definition) is 0. The maximum absolute atomic E-state index is 12.9. The largest absolute Gasteiger partial charge is 0.462 e. The van der Waals surface area contributed by atoms with Gasteiger partial charge in [0.1, 0.15) is 13.2 Å². The van der Waals surface area contributed by atoms with Crippen molar-refractivity contribution < 1.29 is 28.6 Å². The normalized spacial score (nSPS) is 12.8. The zero-order valence-electron chi connectivity index (χ0n) is 49.0. The second-order valence-electron chi connectivity index (χ2n) is 20.6. The zero-order valence-corrected chi connectivity index (χ0v) is 49.0. The van der Waals surface area contributed by atoms with Crippen LogP contribution < -0.4 is 0 Å². The molecule has 0 aliphatic rings. The summed E-state index contributed by atoms with van der Waals surface area (Å²) in [5.41, 5.74) is 0. The first-order chi connectivity index (χ1) is 37.0. The van der Waals surface area contributed by atoms with Crippen LogP contribution in [0.3, 0.4) is 0 Å². The SMILES string of the molecule is CC/C=C\C/C=C\C/C=C\C/C=C\C/C=C\C/C=C\C/C=C\CCCCCC(=O)OCC(COC(=O)CCCCCCCCCCCCCCCC)OC(=O)CCCCCCCCC/C=C\C/C=C\CCCCCC. The Balaban J connectivity index is 4.44. The molecule has 0 aliphatic carbocycles. The highest BCUT2D eigenvalue weighted by Crippen LogP contribution is 2.16. The van der Waals surface area contributed by atoms with Crippen LogP contribution in [0, 0.1) is 0 Å². The van der Waals surface area contributed by atoms with Gasteiger partial charge in [-0.25, -0.2) is 0 Å². The fourth-order valence-corrected chi connectivity index (χ4v) is 8.57. The smallest absolute Gasteiger partial charge is 0.306 e. The number of hydrogen-bond acceptors (Lipinski definition) is 6. The molecule has 1 unspecified atom stereocenters. The Labute approximate surface area is 463 Å². The van der Waals surface area contributed by atoms with Crippen LogP contribution in [0.25, 0.3) is 0 Å². The van der Waals surface area contributed by atoms with Gasteiger partial charge in [0.05, 0.1) is 0 Å². The maximum Gasteiger partial charge on any atom is 0.306 e. The van der Waals surface area contributed by atoms with Crippen LogP contribution in [-0.2, 0) is 28.6 Å². The van der Waals surface area contributed by atoms with E-state index in [9.17, 15) is 14.4 Å². The number of ether oxygens (including phenoxy) is 3. The standard InChI is InChI=1S/C69H116O6/c1-4-7-10-13-16-19-22-25-28-30-32-33-34-35-36-37-38-40-41-44-47-50-53-56-59-62-68(71)74-65-66(64-73-67(70)61-58-55-52-49-46-43-27-24-21-18-15-12-9-6-3)75-69(72)63-60-57-54-51-48-45-42-39-31-29-26-23-20-17-14-11-8-5-2/h7,10,16,19-20,23,25,28-29,31-33,35-36,38,40,44,47,66H,4-6,8-9,11-15,17-18,21-22,24,26-27,30,34,37,39,41-43,45-46,48-65H2,1-3H3/b10-7-,19-16-,23-20-,28-25-,31-29-,33-32-,36-35-,40-38-,47-44-. The van der Waals surface area contributed by atoms with Gasteiger partial charge in [0, 0.05) is 19.3 Å². The molecule has 0 aromatic rings. The minimum atomic E-state index is -0.798. The van der Waals surface area contributed by atoms with E-state index < -0.39 is 6.10 Å². The molecule has 0 aromatic heterocycles. The summed E-state index contributed by atoms with van der Waals surface area (Å²) in [5, 5.41) is 0. The van der Waals surface area contributed by atoms with E-state index >= 15 is 0 Å². The molecule has 0 saturated heterocycles. The monoisotopic (exact) mass is 1040 g/mol. The molecule has 0 spiro atoms. The Kier molecular flexibility index (Phi) is 59.3. The number of carbonyl (C=O) groups is 3. The van der Waals surface area contributed by atoms with Crippen molar-refractivity contribution in [2.45, 2.75) is 297 Å². The molecule has 75 heavy (non-hydrogen) atoms. The Morgan fingerprint density at radius 1 is 0.280 bits per heavy atom. The van der Waals surface area contributed by atoms with E-state index in [0.29, 0.717) is 19.3 Å². The highest BCUT2D eigenvalue weighted by molar-refractivity contribution is 5.71. The number of unbranched alkanes of at least 4 members (excludes halogenated alkanes) is 27. The van der Waals surface area contributed by atoms with Gasteiger partial charge in [0.2, 0.25) is 0 Å². The van der Waals surface area contributed by atoms with Gasteiger partial charge >= 0.3 is 17.9 Å². The third kappa shape index (κ3) is 60.8. The predicted molar refractivity (Wildman–Crippen MR) is 325 cm³/mol. The first kappa shape index (κ1) is 71.1. The Morgan fingerprint density at radius 2 is 0.520 bits per heavy atom. The Hall–Kier alpha value is -3.93. The lowest BCUT2D eigenvalue weighted by Gasteiger charge is -2.18. The van der Waals surface area contributed by atoms with Crippen molar-refractivity contribution in [2.24, 2.45) is 0 Å². The summed E-state index contributed by atoms with van der Waals surface area (Å²) in [6.45, 7) is 6.49. The van der Waals surface area contributed by atoms with Crippen LogP contribution in [-0.4, -0.2) is 37.2 Å². The van der Waals surface area contributed by atoms with E-state index in [2.05, 4.69) is 130 Å². The molecular weight excluding hydrogens is 925 g/mol. The van der Waals surface area contributed by atoms with Gasteiger partial charge in [-0.1, -0.05) is 271 Å². The number of esters is 3. The van der Waals surface area contributed by atoms with E-state index in [4.69, 9.17) is 14.2 Å². The van der Waals surface area contributed by atoms with Gasteiger partial charge in [-0.3, -0.25) is 14.4 Å².